The maximum atomic E-state index is 11.3. The molecule has 0 bridgehead atoms. The zero-order valence-corrected chi connectivity index (χ0v) is 8.39. The van der Waals surface area contributed by atoms with Gasteiger partial charge in [0.05, 0.1) is 12.1 Å². The lowest BCUT2D eigenvalue weighted by atomic mass is 10.1. The molecule has 13 heavy (non-hydrogen) atoms. The summed E-state index contributed by atoms with van der Waals surface area (Å²) in [6.07, 6.45) is 0.491. The quantitative estimate of drug-likeness (QED) is 0.698. The Kier molecular flexibility index (Phi) is 3.32. The van der Waals surface area contributed by atoms with E-state index >= 15 is 0 Å². The van der Waals surface area contributed by atoms with E-state index in [9.17, 15) is 4.79 Å². The Morgan fingerprint density at radius 3 is 2.77 bits per heavy atom. The fourth-order valence-corrected chi connectivity index (χ4v) is 1.23. The number of ketones is 1. The minimum atomic E-state index is 0.0926. The average molecular weight is 199 g/mol. The molecule has 0 N–H and O–H groups in total. The van der Waals surface area contributed by atoms with Gasteiger partial charge in [-0.15, -0.1) is 0 Å². The van der Waals surface area contributed by atoms with E-state index in [0.717, 1.165) is 0 Å². The summed E-state index contributed by atoms with van der Waals surface area (Å²) < 4.78 is 5.00. The molecule has 1 aromatic rings. The first kappa shape index (κ1) is 10.1. The van der Waals surface area contributed by atoms with Gasteiger partial charge in [0.25, 0.3) is 0 Å². The molecule has 0 unspecified atom stereocenters. The minimum absolute atomic E-state index is 0.0926. The lowest BCUT2D eigenvalue weighted by Gasteiger charge is -2.04. The highest BCUT2D eigenvalue weighted by atomic mass is 35.5. The lowest BCUT2D eigenvalue weighted by Crippen LogP contribution is -1.97. The normalized spacial score (nSPS) is 9.77. The molecule has 0 spiro atoms. The molecular weight excluding hydrogens is 188 g/mol. The van der Waals surface area contributed by atoms with Gasteiger partial charge in [-0.05, 0) is 18.2 Å². The van der Waals surface area contributed by atoms with E-state index in [1.807, 2.05) is 6.92 Å². The van der Waals surface area contributed by atoms with Crippen LogP contribution in [0.5, 0.6) is 5.75 Å². The number of carbonyl (C=O) groups is 1. The van der Waals surface area contributed by atoms with Gasteiger partial charge < -0.3 is 4.74 Å². The molecule has 0 amide bonds. The molecule has 1 rings (SSSR count). The minimum Gasteiger partial charge on any atom is -0.495 e. The van der Waals surface area contributed by atoms with Crippen LogP contribution in [0.3, 0.4) is 0 Å². The summed E-state index contributed by atoms with van der Waals surface area (Å²) in [7, 11) is 1.53. The molecule has 0 atom stereocenters. The molecule has 2 nitrogen and oxygen atoms in total. The highest BCUT2D eigenvalue weighted by Gasteiger charge is 2.06. The van der Waals surface area contributed by atoms with Crippen molar-refractivity contribution in [2.45, 2.75) is 13.3 Å². The smallest absolute Gasteiger partial charge is 0.162 e. The molecule has 0 heterocycles. The summed E-state index contributed by atoms with van der Waals surface area (Å²) in [6, 6.07) is 5.04. The highest BCUT2D eigenvalue weighted by molar-refractivity contribution is 6.32. The Hall–Kier alpha value is -1.02. The SMILES string of the molecule is CCC(=O)c1ccc(Cl)c(OC)c1. The number of benzene rings is 1. The molecule has 0 saturated heterocycles. The van der Waals surface area contributed by atoms with Gasteiger partial charge in [0.1, 0.15) is 5.75 Å². The summed E-state index contributed by atoms with van der Waals surface area (Å²) in [4.78, 5) is 11.3. The van der Waals surface area contributed by atoms with Gasteiger partial charge >= 0.3 is 0 Å². The first-order valence-corrected chi connectivity index (χ1v) is 4.43. The second-order valence-corrected chi connectivity index (χ2v) is 3.03. The van der Waals surface area contributed by atoms with Gasteiger partial charge in [-0.1, -0.05) is 18.5 Å². The molecule has 0 aliphatic rings. The predicted octanol–water partition coefficient (Wildman–Crippen LogP) is 2.94. The molecular formula is C10H11ClO2. The van der Waals surface area contributed by atoms with Crippen molar-refractivity contribution in [2.24, 2.45) is 0 Å². The third-order valence-corrected chi connectivity index (χ3v) is 2.11. The van der Waals surface area contributed by atoms with E-state index in [0.29, 0.717) is 22.8 Å². The number of carbonyl (C=O) groups excluding carboxylic acids is 1. The maximum absolute atomic E-state index is 11.3. The topological polar surface area (TPSA) is 26.3 Å². The molecule has 0 fully saturated rings. The molecule has 0 aromatic heterocycles. The Bertz CT molecular complexity index is 321. The number of rotatable bonds is 3. The van der Waals surface area contributed by atoms with E-state index in [2.05, 4.69) is 0 Å². The van der Waals surface area contributed by atoms with Crippen molar-refractivity contribution < 1.29 is 9.53 Å². The summed E-state index contributed by atoms with van der Waals surface area (Å²) >= 11 is 5.81. The second-order valence-electron chi connectivity index (χ2n) is 2.63. The van der Waals surface area contributed by atoms with Crippen LogP contribution in [0.4, 0.5) is 0 Å². The van der Waals surface area contributed by atoms with Crippen molar-refractivity contribution in [1.29, 1.82) is 0 Å². The third-order valence-electron chi connectivity index (χ3n) is 1.79. The summed E-state index contributed by atoms with van der Waals surface area (Å²) in [6.45, 7) is 1.82. The van der Waals surface area contributed by atoms with Crippen molar-refractivity contribution in [2.75, 3.05) is 7.11 Å². The van der Waals surface area contributed by atoms with Crippen LogP contribution in [0.25, 0.3) is 0 Å². The molecule has 3 heteroatoms. The van der Waals surface area contributed by atoms with Crippen LogP contribution in [-0.4, -0.2) is 12.9 Å². The van der Waals surface area contributed by atoms with Crippen molar-refractivity contribution >= 4 is 17.4 Å². The molecule has 0 radical (unpaired) electrons. The molecule has 1 aromatic carbocycles. The Balaban J connectivity index is 3.06. The van der Waals surface area contributed by atoms with Crippen LogP contribution in [0, 0.1) is 0 Å². The van der Waals surface area contributed by atoms with E-state index < -0.39 is 0 Å². The number of ether oxygens (including phenoxy) is 1. The number of hydrogen-bond acceptors (Lipinski definition) is 2. The summed E-state index contributed by atoms with van der Waals surface area (Å²) in [5.41, 5.74) is 0.642. The van der Waals surface area contributed by atoms with E-state index in [1.54, 1.807) is 18.2 Å². The van der Waals surface area contributed by atoms with Crippen LogP contribution in [0.15, 0.2) is 18.2 Å². The van der Waals surface area contributed by atoms with E-state index in [1.165, 1.54) is 7.11 Å². The van der Waals surface area contributed by atoms with Crippen molar-refractivity contribution in [3.63, 3.8) is 0 Å². The molecule has 0 aliphatic carbocycles. The zero-order valence-electron chi connectivity index (χ0n) is 7.63. The Morgan fingerprint density at radius 1 is 1.54 bits per heavy atom. The van der Waals surface area contributed by atoms with Gasteiger partial charge in [0.2, 0.25) is 0 Å². The van der Waals surface area contributed by atoms with Crippen LogP contribution in [0.2, 0.25) is 5.02 Å². The number of Topliss-reactive ketones (excluding diaryl/α,β-unsaturated/α-hetero) is 1. The average Bonchev–Trinajstić information content (AvgIpc) is 2.17. The van der Waals surface area contributed by atoms with Crippen LogP contribution >= 0.6 is 11.6 Å². The van der Waals surface area contributed by atoms with Gasteiger partial charge in [0, 0.05) is 12.0 Å². The fraction of sp³-hybridized carbons (Fsp3) is 0.300. The monoisotopic (exact) mass is 198 g/mol. The summed E-state index contributed by atoms with van der Waals surface area (Å²) in [5.74, 6) is 0.635. The highest BCUT2D eigenvalue weighted by Crippen LogP contribution is 2.25. The van der Waals surface area contributed by atoms with Crippen molar-refractivity contribution in [3.05, 3.63) is 28.8 Å². The Morgan fingerprint density at radius 2 is 2.23 bits per heavy atom. The first-order chi connectivity index (χ1) is 6.19. The number of hydrogen-bond donors (Lipinski definition) is 0. The number of methoxy groups -OCH3 is 1. The van der Waals surface area contributed by atoms with E-state index in [4.69, 9.17) is 16.3 Å². The van der Waals surface area contributed by atoms with Crippen LogP contribution < -0.4 is 4.74 Å². The van der Waals surface area contributed by atoms with Gasteiger partial charge in [0.15, 0.2) is 5.78 Å². The first-order valence-electron chi connectivity index (χ1n) is 4.05. The Labute approximate surface area is 82.5 Å². The van der Waals surface area contributed by atoms with Crippen LogP contribution in [0.1, 0.15) is 23.7 Å². The molecule has 70 valence electrons. The third kappa shape index (κ3) is 2.22. The summed E-state index contributed by atoms with van der Waals surface area (Å²) in [5, 5.41) is 0.523. The molecule has 0 saturated carbocycles. The standard InChI is InChI=1S/C10H11ClO2/c1-3-9(12)7-4-5-8(11)10(6-7)13-2/h4-6H,3H2,1-2H3. The largest absolute Gasteiger partial charge is 0.495 e. The fourth-order valence-electron chi connectivity index (χ4n) is 1.04. The van der Waals surface area contributed by atoms with Crippen molar-refractivity contribution in [3.8, 4) is 5.75 Å². The van der Waals surface area contributed by atoms with Crippen molar-refractivity contribution in [1.82, 2.24) is 0 Å². The predicted molar refractivity (Wildman–Crippen MR) is 52.6 cm³/mol. The second kappa shape index (κ2) is 4.28. The maximum Gasteiger partial charge on any atom is 0.162 e. The van der Waals surface area contributed by atoms with Crippen LogP contribution in [-0.2, 0) is 0 Å². The zero-order chi connectivity index (χ0) is 9.84. The lowest BCUT2D eigenvalue weighted by molar-refractivity contribution is 0.0988. The van der Waals surface area contributed by atoms with E-state index in [-0.39, 0.29) is 5.78 Å². The van der Waals surface area contributed by atoms with Gasteiger partial charge in [-0.3, -0.25) is 4.79 Å². The number of halogens is 1. The van der Waals surface area contributed by atoms with Gasteiger partial charge in [-0.25, -0.2) is 0 Å². The molecule has 0 aliphatic heterocycles. The van der Waals surface area contributed by atoms with Gasteiger partial charge in [-0.2, -0.15) is 0 Å².